The number of pyridine rings is 1. The van der Waals surface area contributed by atoms with Gasteiger partial charge in [0.25, 0.3) is 0 Å². The van der Waals surface area contributed by atoms with Gasteiger partial charge in [0, 0.05) is 16.7 Å². The highest BCUT2D eigenvalue weighted by Crippen LogP contribution is 2.20. The molecule has 0 radical (unpaired) electrons. The predicted molar refractivity (Wildman–Crippen MR) is 80.2 cm³/mol. The normalized spacial score (nSPS) is 10.6. The Balaban J connectivity index is 1.84. The molecule has 0 N–H and O–H groups in total. The number of rotatable bonds is 3. The predicted octanol–water partition coefficient (Wildman–Crippen LogP) is 4.58. The topological polar surface area (TPSA) is 22.1 Å². The fourth-order valence-corrected chi connectivity index (χ4v) is 2.25. The van der Waals surface area contributed by atoms with Gasteiger partial charge in [0.15, 0.2) is 0 Å². The van der Waals surface area contributed by atoms with Crippen molar-refractivity contribution in [1.82, 2.24) is 4.98 Å². The van der Waals surface area contributed by atoms with Crippen LogP contribution < -0.4 is 4.74 Å². The van der Waals surface area contributed by atoms with Crippen LogP contribution in [0.3, 0.4) is 0 Å². The molecule has 0 saturated heterocycles. The Bertz CT molecular complexity index is 689. The van der Waals surface area contributed by atoms with Gasteiger partial charge in [-0.1, -0.05) is 42.5 Å². The van der Waals surface area contributed by atoms with Crippen molar-refractivity contribution in [3.8, 4) is 5.88 Å². The maximum Gasteiger partial charge on any atom is 0.213 e. The minimum absolute atomic E-state index is 0.524. The van der Waals surface area contributed by atoms with E-state index in [1.165, 1.54) is 16.3 Å². The number of halogens is 1. The van der Waals surface area contributed by atoms with Crippen LogP contribution in [0.25, 0.3) is 10.8 Å². The summed E-state index contributed by atoms with van der Waals surface area (Å²) in [4.78, 5) is 4.20. The minimum atomic E-state index is 0.524. The van der Waals surface area contributed by atoms with E-state index in [0.29, 0.717) is 12.5 Å². The molecule has 94 valence electrons. The molecule has 1 heterocycles. The highest BCUT2D eigenvalue weighted by atomic mass is 79.9. The third kappa shape index (κ3) is 2.76. The number of benzene rings is 2. The zero-order chi connectivity index (χ0) is 13.1. The van der Waals surface area contributed by atoms with Crippen LogP contribution in [0, 0.1) is 0 Å². The zero-order valence-electron chi connectivity index (χ0n) is 10.2. The fraction of sp³-hybridized carbons (Fsp3) is 0.0625. The van der Waals surface area contributed by atoms with Crippen LogP contribution in [-0.4, -0.2) is 4.98 Å². The smallest absolute Gasteiger partial charge is 0.213 e. The first-order chi connectivity index (χ1) is 9.33. The summed E-state index contributed by atoms with van der Waals surface area (Å²) in [7, 11) is 0. The summed E-state index contributed by atoms with van der Waals surface area (Å²) in [6, 6.07) is 18.3. The minimum Gasteiger partial charge on any atom is -0.473 e. The third-order valence-corrected chi connectivity index (χ3v) is 3.42. The van der Waals surface area contributed by atoms with Crippen LogP contribution in [0.2, 0.25) is 0 Å². The van der Waals surface area contributed by atoms with E-state index in [0.717, 1.165) is 4.47 Å². The van der Waals surface area contributed by atoms with Gasteiger partial charge in [0.1, 0.15) is 6.61 Å². The van der Waals surface area contributed by atoms with E-state index >= 15 is 0 Å². The number of ether oxygens (including phenoxy) is 1. The zero-order valence-corrected chi connectivity index (χ0v) is 11.8. The molecule has 3 heteroatoms. The van der Waals surface area contributed by atoms with E-state index in [1.807, 2.05) is 24.3 Å². The molecule has 19 heavy (non-hydrogen) atoms. The molecular weight excluding hydrogens is 302 g/mol. The fourth-order valence-electron chi connectivity index (χ4n) is 2.02. The van der Waals surface area contributed by atoms with Crippen LogP contribution >= 0.6 is 15.9 Å². The lowest BCUT2D eigenvalue weighted by Gasteiger charge is -2.08. The molecule has 2 aromatic carbocycles. The Hall–Kier alpha value is -1.87. The van der Waals surface area contributed by atoms with Gasteiger partial charge in [-0.05, 0) is 38.3 Å². The van der Waals surface area contributed by atoms with Gasteiger partial charge in [-0.2, -0.15) is 0 Å². The Labute approximate surface area is 120 Å². The summed E-state index contributed by atoms with van der Waals surface area (Å²) in [5.74, 6) is 0.635. The maximum atomic E-state index is 5.72. The van der Waals surface area contributed by atoms with Crippen molar-refractivity contribution in [2.24, 2.45) is 0 Å². The third-order valence-electron chi connectivity index (χ3n) is 2.96. The molecule has 0 saturated carbocycles. The van der Waals surface area contributed by atoms with Crippen LogP contribution in [0.5, 0.6) is 5.88 Å². The first-order valence-corrected chi connectivity index (χ1v) is 6.83. The van der Waals surface area contributed by atoms with Crippen LogP contribution in [0.15, 0.2) is 65.3 Å². The van der Waals surface area contributed by atoms with Crippen molar-refractivity contribution in [3.05, 3.63) is 70.8 Å². The van der Waals surface area contributed by atoms with E-state index in [9.17, 15) is 0 Å². The number of fused-ring (bicyclic) bond motifs is 1. The van der Waals surface area contributed by atoms with E-state index in [2.05, 4.69) is 51.2 Å². The van der Waals surface area contributed by atoms with Gasteiger partial charge in [0.05, 0.1) is 0 Å². The average Bonchev–Trinajstić information content (AvgIpc) is 2.47. The van der Waals surface area contributed by atoms with Crippen LogP contribution in [-0.2, 0) is 6.61 Å². The lowest BCUT2D eigenvalue weighted by Crippen LogP contribution is -1.97. The molecule has 0 bridgehead atoms. The Kier molecular flexibility index (Phi) is 3.47. The second kappa shape index (κ2) is 5.41. The highest BCUT2D eigenvalue weighted by Gasteiger charge is 2.02. The molecular formula is C16H12BrNO. The summed E-state index contributed by atoms with van der Waals surface area (Å²) in [6.45, 7) is 0.524. The molecule has 0 aliphatic rings. The number of hydrogen-bond acceptors (Lipinski definition) is 2. The molecule has 1 aromatic heterocycles. The molecule has 2 nitrogen and oxygen atoms in total. The van der Waals surface area contributed by atoms with Gasteiger partial charge in [-0.15, -0.1) is 0 Å². The Morgan fingerprint density at radius 3 is 2.63 bits per heavy atom. The van der Waals surface area contributed by atoms with E-state index in [4.69, 9.17) is 4.74 Å². The summed E-state index contributed by atoms with van der Waals surface area (Å²) >= 11 is 3.36. The maximum absolute atomic E-state index is 5.72. The van der Waals surface area contributed by atoms with Crippen molar-refractivity contribution >= 4 is 26.7 Å². The number of nitrogens with zero attached hydrogens (tertiary/aromatic N) is 1. The lowest BCUT2D eigenvalue weighted by atomic mass is 10.1. The van der Waals surface area contributed by atoms with Crippen molar-refractivity contribution in [2.75, 3.05) is 0 Å². The molecule has 0 fully saturated rings. The molecule has 3 aromatic rings. The van der Waals surface area contributed by atoms with Crippen molar-refractivity contribution in [3.63, 3.8) is 0 Å². The van der Waals surface area contributed by atoms with Gasteiger partial charge in [-0.25, -0.2) is 4.98 Å². The molecule has 3 rings (SSSR count). The second-order valence-corrected chi connectivity index (χ2v) is 5.16. The van der Waals surface area contributed by atoms with Gasteiger partial charge in [0.2, 0.25) is 5.88 Å². The quantitative estimate of drug-likeness (QED) is 0.706. The first-order valence-electron chi connectivity index (χ1n) is 6.04. The Morgan fingerprint density at radius 2 is 1.79 bits per heavy atom. The SMILES string of the molecule is Brc1ccc(OCc2cccc3ccccc23)nc1. The first kappa shape index (κ1) is 12.2. The van der Waals surface area contributed by atoms with E-state index in [-0.39, 0.29) is 0 Å². The van der Waals surface area contributed by atoms with Crippen LogP contribution in [0.4, 0.5) is 0 Å². The monoisotopic (exact) mass is 313 g/mol. The van der Waals surface area contributed by atoms with Crippen molar-refractivity contribution < 1.29 is 4.74 Å². The molecule has 0 aliphatic carbocycles. The molecule has 0 unspecified atom stereocenters. The van der Waals surface area contributed by atoms with Gasteiger partial charge in [-0.3, -0.25) is 0 Å². The van der Waals surface area contributed by atoms with Gasteiger partial charge >= 0.3 is 0 Å². The molecule has 0 aliphatic heterocycles. The van der Waals surface area contributed by atoms with Crippen molar-refractivity contribution in [1.29, 1.82) is 0 Å². The van der Waals surface area contributed by atoms with Crippen LogP contribution in [0.1, 0.15) is 5.56 Å². The Morgan fingerprint density at radius 1 is 0.947 bits per heavy atom. The number of aromatic nitrogens is 1. The highest BCUT2D eigenvalue weighted by molar-refractivity contribution is 9.10. The summed E-state index contributed by atoms with van der Waals surface area (Å²) in [5, 5.41) is 2.45. The average molecular weight is 314 g/mol. The molecule has 0 spiro atoms. The van der Waals surface area contributed by atoms with E-state index in [1.54, 1.807) is 6.20 Å². The summed E-state index contributed by atoms with van der Waals surface area (Å²) in [6.07, 6.45) is 1.73. The second-order valence-electron chi connectivity index (χ2n) is 4.24. The van der Waals surface area contributed by atoms with Crippen molar-refractivity contribution in [2.45, 2.75) is 6.61 Å². The van der Waals surface area contributed by atoms with Gasteiger partial charge < -0.3 is 4.74 Å². The standard InChI is InChI=1S/C16H12BrNO/c17-14-8-9-16(18-10-14)19-11-13-6-3-5-12-4-1-2-7-15(12)13/h1-10H,11H2. The molecule has 0 amide bonds. The molecule has 0 atom stereocenters. The summed E-state index contributed by atoms with van der Waals surface area (Å²) in [5.41, 5.74) is 1.17. The largest absolute Gasteiger partial charge is 0.473 e. The number of hydrogen-bond donors (Lipinski definition) is 0. The lowest BCUT2D eigenvalue weighted by molar-refractivity contribution is 0.295. The summed E-state index contributed by atoms with van der Waals surface area (Å²) < 4.78 is 6.67. The van der Waals surface area contributed by atoms with E-state index < -0.39 is 0 Å².